The lowest BCUT2D eigenvalue weighted by molar-refractivity contribution is -0.137. The number of aliphatic hydroxyl groups is 1. The Kier molecular flexibility index (Phi) is 7.26. The average Bonchev–Trinajstić information content (AvgIpc) is 3.12. The van der Waals surface area contributed by atoms with Crippen molar-refractivity contribution in [1.82, 2.24) is 24.7 Å². The minimum absolute atomic E-state index is 0.0828. The minimum Gasteiger partial charge on any atom is -0.385 e. The van der Waals surface area contributed by atoms with Gasteiger partial charge in [-0.15, -0.1) is 0 Å². The zero-order chi connectivity index (χ0) is 28.8. The first-order chi connectivity index (χ1) is 18.9. The molecule has 2 fully saturated rings. The maximum Gasteiger partial charge on any atom is 0.416 e. The average molecular weight is 560 g/mol. The van der Waals surface area contributed by atoms with Crippen molar-refractivity contribution in [3.05, 3.63) is 69.6 Å². The molecule has 1 aromatic heterocycles. The number of imidazole rings is 1. The van der Waals surface area contributed by atoms with Crippen LogP contribution in [0.15, 0.2) is 47.3 Å². The summed E-state index contributed by atoms with van der Waals surface area (Å²) in [6.45, 7) is 0.961. The summed E-state index contributed by atoms with van der Waals surface area (Å²) in [5.74, 6) is -1.16. The molecule has 1 saturated heterocycles. The highest BCUT2D eigenvalue weighted by atomic mass is 19.4. The number of benzene rings is 2. The first kappa shape index (κ1) is 27.9. The van der Waals surface area contributed by atoms with Crippen LogP contribution < -0.4 is 16.3 Å². The first-order valence-corrected chi connectivity index (χ1v) is 13.2. The van der Waals surface area contributed by atoms with Gasteiger partial charge >= 0.3 is 11.9 Å². The van der Waals surface area contributed by atoms with Gasteiger partial charge in [-0.3, -0.25) is 23.6 Å². The Labute approximate surface area is 228 Å². The predicted molar refractivity (Wildman–Crippen MR) is 142 cm³/mol. The fourth-order valence-electron chi connectivity index (χ4n) is 5.81. The van der Waals surface area contributed by atoms with Crippen LogP contribution >= 0.6 is 0 Å². The summed E-state index contributed by atoms with van der Waals surface area (Å²) in [5, 5.41) is 16.6. The number of fused-ring (bicyclic) bond motifs is 1. The zero-order valence-electron chi connectivity index (χ0n) is 22.3. The van der Waals surface area contributed by atoms with E-state index in [-0.39, 0.29) is 29.9 Å². The van der Waals surface area contributed by atoms with Crippen LogP contribution in [0.4, 0.5) is 13.2 Å². The van der Waals surface area contributed by atoms with Gasteiger partial charge in [0, 0.05) is 38.8 Å². The number of carbonyl (C=O) groups is 2. The summed E-state index contributed by atoms with van der Waals surface area (Å²) in [6, 6.07) is 9.91. The molecular formula is C28H32F3N5O4. The number of rotatable bonds is 6. The molecule has 0 bridgehead atoms. The van der Waals surface area contributed by atoms with Crippen LogP contribution in [0.3, 0.4) is 0 Å². The molecule has 214 valence electrons. The summed E-state index contributed by atoms with van der Waals surface area (Å²) in [5.41, 5.74) is 0.241. The number of alkyl halides is 3. The highest BCUT2D eigenvalue weighted by molar-refractivity contribution is 5.96. The number of nitrogens with zero attached hydrogens (tertiary/aromatic N) is 3. The minimum atomic E-state index is -4.56. The number of halogens is 3. The van der Waals surface area contributed by atoms with Gasteiger partial charge < -0.3 is 15.7 Å². The van der Waals surface area contributed by atoms with Gasteiger partial charge in [-0.05, 0) is 61.6 Å². The van der Waals surface area contributed by atoms with Crippen LogP contribution in [-0.4, -0.2) is 62.7 Å². The van der Waals surface area contributed by atoms with E-state index in [0.29, 0.717) is 25.9 Å². The third-order valence-electron chi connectivity index (χ3n) is 8.24. The number of carbonyl (C=O) groups excluding carboxylic acids is 2. The van der Waals surface area contributed by atoms with E-state index in [9.17, 15) is 32.7 Å². The van der Waals surface area contributed by atoms with Gasteiger partial charge in [0.25, 0.3) is 5.91 Å². The highest BCUT2D eigenvalue weighted by Crippen LogP contribution is 2.40. The van der Waals surface area contributed by atoms with Crippen molar-refractivity contribution >= 4 is 22.8 Å². The molecule has 1 aliphatic heterocycles. The molecule has 2 amide bonds. The summed E-state index contributed by atoms with van der Waals surface area (Å²) >= 11 is 0. The number of amides is 2. The number of aryl methyl sites for hydroxylation is 2. The second kappa shape index (κ2) is 10.4. The van der Waals surface area contributed by atoms with E-state index in [1.54, 1.807) is 23.2 Å². The Morgan fingerprint density at radius 2 is 1.70 bits per heavy atom. The molecule has 3 N–H and O–H groups in total. The number of hydrogen-bond acceptors (Lipinski definition) is 5. The largest absolute Gasteiger partial charge is 0.416 e. The maximum absolute atomic E-state index is 12.9. The number of hydrogen-bond donors (Lipinski definition) is 3. The van der Waals surface area contributed by atoms with Crippen LogP contribution in [0.5, 0.6) is 0 Å². The first-order valence-electron chi connectivity index (χ1n) is 13.2. The zero-order valence-corrected chi connectivity index (χ0v) is 22.3. The monoisotopic (exact) mass is 559 g/mol. The SMILES string of the molecule is Cn1c(=O)n(C)c2cc([C@]3(O)CC[C@H](N4CC(NC(=O)CNC(=O)c5cccc(C(F)(F)F)c5)C4)CC3)ccc21. The topological polar surface area (TPSA) is 109 Å². The van der Waals surface area contributed by atoms with Crippen molar-refractivity contribution < 1.29 is 27.9 Å². The van der Waals surface area contributed by atoms with Gasteiger partial charge in [0.1, 0.15) is 0 Å². The second-order valence-corrected chi connectivity index (χ2v) is 10.8. The van der Waals surface area contributed by atoms with Gasteiger partial charge in [-0.1, -0.05) is 12.1 Å². The quantitative estimate of drug-likeness (QED) is 0.430. The highest BCUT2D eigenvalue weighted by Gasteiger charge is 2.40. The predicted octanol–water partition coefficient (Wildman–Crippen LogP) is 2.26. The smallest absolute Gasteiger partial charge is 0.385 e. The van der Waals surface area contributed by atoms with E-state index in [0.717, 1.165) is 47.6 Å². The van der Waals surface area contributed by atoms with Gasteiger partial charge in [0.15, 0.2) is 0 Å². The third kappa shape index (κ3) is 5.37. The van der Waals surface area contributed by atoms with Crippen molar-refractivity contribution in [2.75, 3.05) is 19.6 Å². The Morgan fingerprint density at radius 1 is 1.02 bits per heavy atom. The van der Waals surface area contributed by atoms with Crippen molar-refractivity contribution in [3.8, 4) is 0 Å². The number of likely N-dealkylation sites (tertiary alicyclic amines) is 1. The van der Waals surface area contributed by atoms with Crippen molar-refractivity contribution in [1.29, 1.82) is 0 Å². The Morgan fingerprint density at radius 3 is 2.38 bits per heavy atom. The molecule has 9 nitrogen and oxygen atoms in total. The summed E-state index contributed by atoms with van der Waals surface area (Å²) in [7, 11) is 3.45. The van der Waals surface area contributed by atoms with E-state index in [2.05, 4.69) is 15.5 Å². The van der Waals surface area contributed by atoms with E-state index < -0.39 is 29.2 Å². The Hall–Kier alpha value is -3.64. The van der Waals surface area contributed by atoms with Crippen LogP contribution in [0, 0.1) is 0 Å². The summed E-state index contributed by atoms with van der Waals surface area (Å²) in [4.78, 5) is 39.0. The standard InChI is InChI=1S/C28H32F3N5O4/c1-34-22-7-6-18(13-23(22)35(2)26(34)39)27(40)10-8-21(9-11-27)36-15-20(16-36)33-24(37)14-32-25(38)17-4-3-5-19(12-17)28(29,30)31/h3-7,12-13,20-21,40H,8-11,14-16H2,1-2H3,(H,32,38)(H,33,37)/t21-,27-. The van der Waals surface area contributed by atoms with Crippen LogP contribution in [0.2, 0.25) is 0 Å². The summed E-state index contributed by atoms with van der Waals surface area (Å²) in [6.07, 6.45) is -1.82. The van der Waals surface area contributed by atoms with E-state index in [4.69, 9.17) is 0 Å². The molecule has 0 spiro atoms. The molecule has 3 aromatic rings. The molecule has 2 aliphatic rings. The number of aromatic nitrogens is 2. The molecule has 1 saturated carbocycles. The molecule has 0 atom stereocenters. The van der Waals surface area contributed by atoms with Crippen LogP contribution in [0.25, 0.3) is 11.0 Å². The van der Waals surface area contributed by atoms with Gasteiger partial charge in [-0.25, -0.2) is 4.79 Å². The van der Waals surface area contributed by atoms with Gasteiger partial charge in [0.2, 0.25) is 5.91 Å². The second-order valence-electron chi connectivity index (χ2n) is 10.8. The molecule has 40 heavy (non-hydrogen) atoms. The molecule has 1 aliphatic carbocycles. The van der Waals surface area contributed by atoms with Gasteiger partial charge in [-0.2, -0.15) is 13.2 Å². The summed E-state index contributed by atoms with van der Waals surface area (Å²) < 4.78 is 41.8. The van der Waals surface area contributed by atoms with Crippen molar-refractivity contribution in [2.24, 2.45) is 14.1 Å². The Balaban J connectivity index is 1.07. The van der Waals surface area contributed by atoms with E-state index >= 15 is 0 Å². The molecule has 0 unspecified atom stereocenters. The van der Waals surface area contributed by atoms with Gasteiger partial charge in [0.05, 0.1) is 34.8 Å². The fourth-order valence-corrected chi connectivity index (χ4v) is 5.81. The molecule has 0 radical (unpaired) electrons. The van der Waals surface area contributed by atoms with Crippen LogP contribution in [-0.2, 0) is 30.7 Å². The van der Waals surface area contributed by atoms with E-state index in [1.807, 2.05) is 18.2 Å². The van der Waals surface area contributed by atoms with Crippen molar-refractivity contribution in [3.63, 3.8) is 0 Å². The van der Waals surface area contributed by atoms with Crippen LogP contribution in [0.1, 0.15) is 47.2 Å². The van der Waals surface area contributed by atoms with E-state index in [1.165, 1.54) is 6.07 Å². The lowest BCUT2D eigenvalue weighted by Crippen LogP contribution is -2.63. The molecule has 12 heteroatoms. The van der Waals surface area contributed by atoms with Crippen molar-refractivity contribution in [2.45, 2.75) is 49.5 Å². The normalized spacial score (nSPS) is 22.2. The molecular weight excluding hydrogens is 527 g/mol. The third-order valence-corrected chi connectivity index (χ3v) is 8.24. The lowest BCUT2D eigenvalue weighted by atomic mass is 9.76. The molecule has 2 aromatic carbocycles. The number of nitrogens with one attached hydrogen (secondary N) is 2. The maximum atomic E-state index is 12.9. The Bertz CT molecular complexity index is 1500. The lowest BCUT2D eigenvalue weighted by Gasteiger charge is -2.48. The fraction of sp³-hybridized carbons (Fsp3) is 0.464. The molecule has 5 rings (SSSR count). The molecule has 2 heterocycles.